The Bertz CT molecular complexity index is 350. The van der Waals surface area contributed by atoms with Crippen LogP contribution in [0.2, 0.25) is 5.02 Å². The first-order valence-electron chi connectivity index (χ1n) is 5.52. The van der Waals surface area contributed by atoms with Crippen molar-refractivity contribution in [2.24, 2.45) is 5.84 Å². The molecule has 0 aliphatic carbocycles. The van der Waals surface area contributed by atoms with Crippen molar-refractivity contribution >= 4 is 11.6 Å². The van der Waals surface area contributed by atoms with Crippen LogP contribution in [0.5, 0.6) is 0 Å². The van der Waals surface area contributed by atoms with Gasteiger partial charge in [0.05, 0.1) is 0 Å². The van der Waals surface area contributed by atoms with Gasteiger partial charge in [0.25, 0.3) is 0 Å². The van der Waals surface area contributed by atoms with Crippen LogP contribution in [0.4, 0.5) is 0 Å². The third kappa shape index (κ3) is 3.34. The van der Waals surface area contributed by atoms with Gasteiger partial charge < -0.3 is 0 Å². The molecule has 16 heavy (non-hydrogen) atoms. The minimum Gasteiger partial charge on any atom is -0.271 e. The molecule has 2 nitrogen and oxygen atoms in total. The maximum absolute atomic E-state index is 6.26. The number of nitrogens with two attached hydrogens (primary N) is 1. The molecule has 0 fully saturated rings. The fourth-order valence-corrected chi connectivity index (χ4v) is 1.99. The lowest BCUT2D eigenvalue weighted by Gasteiger charge is -2.18. The van der Waals surface area contributed by atoms with Crippen molar-refractivity contribution in [3.63, 3.8) is 0 Å². The van der Waals surface area contributed by atoms with Crippen molar-refractivity contribution in [2.75, 3.05) is 0 Å². The Morgan fingerprint density at radius 3 is 2.94 bits per heavy atom. The van der Waals surface area contributed by atoms with Gasteiger partial charge in [-0.25, -0.2) is 0 Å². The summed E-state index contributed by atoms with van der Waals surface area (Å²) in [5.74, 6) is 5.57. The van der Waals surface area contributed by atoms with E-state index in [2.05, 4.69) is 12.0 Å². The highest BCUT2D eigenvalue weighted by Gasteiger charge is 2.13. The van der Waals surface area contributed by atoms with E-state index < -0.39 is 0 Å². The quantitative estimate of drug-likeness (QED) is 0.345. The summed E-state index contributed by atoms with van der Waals surface area (Å²) in [5, 5.41) is 0.809. The molecule has 3 N–H and O–H groups in total. The minimum atomic E-state index is 0.118. The SMILES string of the molecule is C=CCCCC(NN)c1cccc(C)c1Cl. The Morgan fingerprint density at radius 1 is 1.56 bits per heavy atom. The second kappa shape index (κ2) is 6.69. The number of nitrogens with one attached hydrogen (secondary N) is 1. The maximum atomic E-state index is 6.26. The van der Waals surface area contributed by atoms with Gasteiger partial charge >= 0.3 is 0 Å². The summed E-state index contributed by atoms with van der Waals surface area (Å²) >= 11 is 6.26. The first-order chi connectivity index (χ1) is 7.70. The van der Waals surface area contributed by atoms with E-state index in [1.165, 1.54) is 0 Å². The molecule has 0 radical (unpaired) electrons. The van der Waals surface area contributed by atoms with Gasteiger partial charge in [0.1, 0.15) is 0 Å². The van der Waals surface area contributed by atoms with Crippen molar-refractivity contribution in [2.45, 2.75) is 32.2 Å². The number of hydrogen-bond acceptors (Lipinski definition) is 2. The zero-order valence-electron chi connectivity index (χ0n) is 9.67. The van der Waals surface area contributed by atoms with E-state index in [0.717, 1.165) is 35.4 Å². The van der Waals surface area contributed by atoms with Gasteiger partial charge in [0.15, 0.2) is 0 Å². The highest BCUT2D eigenvalue weighted by molar-refractivity contribution is 6.32. The summed E-state index contributed by atoms with van der Waals surface area (Å²) in [7, 11) is 0. The third-order valence-electron chi connectivity index (χ3n) is 2.70. The number of benzene rings is 1. The number of allylic oxidation sites excluding steroid dienone is 1. The van der Waals surface area contributed by atoms with Crippen LogP contribution in [0.25, 0.3) is 0 Å². The van der Waals surface area contributed by atoms with Crippen molar-refractivity contribution in [1.82, 2.24) is 5.43 Å². The molecule has 88 valence electrons. The highest BCUT2D eigenvalue weighted by atomic mass is 35.5. The lowest BCUT2D eigenvalue weighted by Crippen LogP contribution is -2.28. The summed E-state index contributed by atoms with van der Waals surface area (Å²) in [5.41, 5.74) is 4.99. The van der Waals surface area contributed by atoms with Crippen LogP contribution in [-0.2, 0) is 0 Å². The third-order valence-corrected chi connectivity index (χ3v) is 3.22. The molecule has 0 saturated heterocycles. The first-order valence-corrected chi connectivity index (χ1v) is 5.90. The maximum Gasteiger partial charge on any atom is 0.0483 e. The van der Waals surface area contributed by atoms with E-state index in [0.29, 0.717) is 0 Å². The molecule has 0 amide bonds. The van der Waals surface area contributed by atoms with Crippen molar-refractivity contribution in [3.8, 4) is 0 Å². The van der Waals surface area contributed by atoms with E-state index >= 15 is 0 Å². The fourth-order valence-electron chi connectivity index (χ4n) is 1.73. The van der Waals surface area contributed by atoms with Crippen LogP contribution >= 0.6 is 11.6 Å². The van der Waals surface area contributed by atoms with Gasteiger partial charge in [-0.05, 0) is 37.3 Å². The lowest BCUT2D eigenvalue weighted by molar-refractivity contribution is 0.501. The van der Waals surface area contributed by atoms with Gasteiger partial charge in [-0.1, -0.05) is 35.9 Å². The number of rotatable bonds is 6. The molecule has 3 heteroatoms. The zero-order valence-corrected chi connectivity index (χ0v) is 10.4. The van der Waals surface area contributed by atoms with Gasteiger partial charge in [0.2, 0.25) is 0 Å². The molecule has 1 unspecified atom stereocenters. The number of hydrazine groups is 1. The minimum absolute atomic E-state index is 0.118. The topological polar surface area (TPSA) is 38.0 Å². The van der Waals surface area contributed by atoms with Crippen LogP contribution in [0.3, 0.4) is 0 Å². The average molecular weight is 239 g/mol. The number of unbranched alkanes of at least 4 members (excludes halogenated alkanes) is 1. The Kier molecular flexibility index (Phi) is 5.53. The van der Waals surface area contributed by atoms with E-state index in [1.807, 2.05) is 31.2 Å². The molecule has 0 aromatic heterocycles. The predicted molar refractivity (Wildman–Crippen MR) is 70.3 cm³/mol. The molecule has 1 aromatic rings. The second-order valence-electron chi connectivity index (χ2n) is 3.92. The lowest BCUT2D eigenvalue weighted by atomic mass is 10.00. The van der Waals surface area contributed by atoms with E-state index in [-0.39, 0.29) is 6.04 Å². The Labute approximate surface area is 102 Å². The molecule has 0 heterocycles. The van der Waals surface area contributed by atoms with Crippen LogP contribution < -0.4 is 11.3 Å². The van der Waals surface area contributed by atoms with Crippen molar-refractivity contribution < 1.29 is 0 Å². The van der Waals surface area contributed by atoms with Crippen LogP contribution in [0.1, 0.15) is 36.4 Å². The molecule has 1 aromatic carbocycles. The van der Waals surface area contributed by atoms with Gasteiger partial charge in [-0.15, -0.1) is 6.58 Å². The second-order valence-corrected chi connectivity index (χ2v) is 4.29. The van der Waals surface area contributed by atoms with E-state index in [1.54, 1.807) is 0 Å². The largest absolute Gasteiger partial charge is 0.271 e. The molecular formula is C13H19ClN2. The Balaban J connectivity index is 2.78. The first kappa shape index (κ1) is 13.2. The molecule has 0 bridgehead atoms. The summed E-state index contributed by atoms with van der Waals surface area (Å²) in [6.45, 7) is 5.71. The number of halogens is 1. The van der Waals surface area contributed by atoms with Crippen LogP contribution in [-0.4, -0.2) is 0 Å². The van der Waals surface area contributed by atoms with Crippen molar-refractivity contribution in [1.29, 1.82) is 0 Å². The Hall–Kier alpha value is -0.830. The van der Waals surface area contributed by atoms with Crippen LogP contribution in [0.15, 0.2) is 30.9 Å². The fraction of sp³-hybridized carbons (Fsp3) is 0.385. The normalized spacial score (nSPS) is 12.4. The summed E-state index contributed by atoms with van der Waals surface area (Å²) in [6.07, 6.45) is 4.95. The predicted octanol–water partition coefficient (Wildman–Crippen LogP) is 3.51. The number of hydrogen-bond donors (Lipinski definition) is 2. The van der Waals surface area contributed by atoms with Gasteiger partial charge in [0, 0.05) is 11.1 Å². The molecule has 0 aliphatic rings. The standard InChI is InChI=1S/C13H19ClN2/c1-3-4-5-9-12(16-15)11-8-6-7-10(2)13(11)14/h3,6-8,12,16H,1,4-5,9,15H2,2H3. The van der Waals surface area contributed by atoms with Gasteiger partial charge in [-0.2, -0.15) is 0 Å². The summed E-state index contributed by atoms with van der Waals surface area (Å²) in [6, 6.07) is 6.15. The average Bonchev–Trinajstić information content (AvgIpc) is 2.29. The molecule has 1 rings (SSSR count). The molecular weight excluding hydrogens is 220 g/mol. The van der Waals surface area contributed by atoms with Crippen LogP contribution in [0, 0.1) is 6.92 Å². The van der Waals surface area contributed by atoms with Crippen molar-refractivity contribution in [3.05, 3.63) is 47.0 Å². The van der Waals surface area contributed by atoms with Gasteiger partial charge in [-0.3, -0.25) is 11.3 Å². The molecule has 0 saturated carbocycles. The summed E-state index contributed by atoms with van der Waals surface area (Å²) in [4.78, 5) is 0. The zero-order chi connectivity index (χ0) is 12.0. The monoisotopic (exact) mass is 238 g/mol. The molecule has 0 aliphatic heterocycles. The highest BCUT2D eigenvalue weighted by Crippen LogP contribution is 2.28. The Morgan fingerprint density at radius 2 is 2.31 bits per heavy atom. The van der Waals surface area contributed by atoms with E-state index in [9.17, 15) is 0 Å². The number of aryl methyl sites for hydroxylation is 1. The van der Waals surface area contributed by atoms with E-state index in [4.69, 9.17) is 17.4 Å². The summed E-state index contributed by atoms with van der Waals surface area (Å²) < 4.78 is 0. The molecule has 1 atom stereocenters. The smallest absolute Gasteiger partial charge is 0.0483 e. The molecule has 0 spiro atoms.